The lowest BCUT2D eigenvalue weighted by Crippen LogP contribution is -2.50. The zero-order valence-electron chi connectivity index (χ0n) is 15.0. The minimum atomic E-state index is -2.09. The summed E-state index contributed by atoms with van der Waals surface area (Å²) in [5, 5.41) is 50.0. The Kier molecular flexibility index (Phi) is 10.2. The Morgan fingerprint density at radius 2 is 1.53 bits per heavy atom. The summed E-state index contributed by atoms with van der Waals surface area (Å²) >= 11 is 1.56. The Morgan fingerprint density at radius 1 is 1.03 bits per heavy atom. The molecule has 1 rings (SSSR count). The molecule has 0 aliphatic rings. The summed E-state index contributed by atoms with van der Waals surface area (Å²) in [6.07, 6.45) is -7.94. The molecule has 4 atom stereocenters. The van der Waals surface area contributed by atoms with Gasteiger partial charge in [0.25, 0.3) is 0 Å². The minimum Gasteiger partial charge on any atom is -0.394 e. The van der Waals surface area contributed by atoms with E-state index in [1.54, 1.807) is 22.6 Å². The van der Waals surface area contributed by atoms with Crippen LogP contribution in [0.1, 0.15) is 5.56 Å². The molecule has 0 spiro atoms. The molecule has 0 bridgehead atoms. The summed E-state index contributed by atoms with van der Waals surface area (Å²) in [7, 11) is 0. The normalized spacial score (nSPS) is 15.1. The largest absolute Gasteiger partial charge is 0.394 e. The van der Waals surface area contributed by atoms with E-state index in [2.05, 4.69) is 10.0 Å². The molecule has 30 heavy (non-hydrogen) atoms. The molecule has 0 aliphatic carbocycles. The van der Waals surface area contributed by atoms with Gasteiger partial charge in [0, 0.05) is 17.0 Å². The van der Waals surface area contributed by atoms with Crippen LogP contribution in [0.2, 0.25) is 0 Å². The zero-order valence-corrected chi connectivity index (χ0v) is 17.1. The van der Waals surface area contributed by atoms with Gasteiger partial charge >= 0.3 is 0 Å². The smallest absolute Gasteiger partial charge is 0.232 e. The predicted octanol–water partition coefficient (Wildman–Crippen LogP) is 0.384. The molecule has 10 nitrogen and oxygen atoms in total. The van der Waals surface area contributed by atoms with E-state index in [1.807, 2.05) is 0 Å². The van der Waals surface area contributed by atoms with E-state index in [9.17, 15) is 42.8 Å². The molecular weight excluding hydrogens is 535 g/mol. The van der Waals surface area contributed by atoms with E-state index in [0.717, 1.165) is 0 Å². The van der Waals surface area contributed by atoms with Crippen LogP contribution in [0.5, 0.6) is 0 Å². The van der Waals surface area contributed by atoms with E-state index in [1.165, 1.54) is 0 Å². The quantitative estimate of drug-likeness (QED) is 0.0535. The number of carbonyl (C=O) groups is 1. The topological polar surface area (TPSA) is 170 Å². The van der Waals surface area contributed by atoms with Gasteiger partial charge in [0.15, 0.2) is 23.3 Å². The van der Waals surface area contributed by atoms with Crippen LogP contribution in [0.15, 0.2) is 5.11 Å². The minimum absolute atomic E-state index is 0.298. The van der Waals surface area contributed by atoms with Crippen molar-refractivity contribution in [2.75, 3.05) is 17.6 Å². The highest BCUT2D eigenvalue weighted by molar-refractivity contribution is 14.1. The number of benzene rings is 1. The Bertz CT molecular complexity index is 800. The van der Waals surface area contributed by atoms with Crippen LogP contribution < -0.4 is 0 Å². The number of amides is 1. The van der Waals surface area contributed by atoms with E-state index >= 15 is 0 Å². The third-order valence-electron chi connectivity index (χ3n) is 4.02. The van der Waals surface area contributed by atoms with Crippen LogP contribution in [0.3, 0.4) is 0 Å². The second-order valence-electron chi connectivity index (χ2n) is 5.98. The Morgan fingerprint density at radius 3 is 1.97 bits per heavy atom. The molecule has 0 saturated heterocycles. The number of rotatable bonds is 10. The van der Waals surface area contributed by atoms with Crippen LogP contribution in [0.4, 0.5) is 23.2 Å². The van der Waals surface area contributed by atoms with Crippen molar-refractivity contribution >= 4 is 34.2 Å². The van der Waals surface area contributed by atoms with Gasteiger partial charge in [-0.2, -0.15) is 0 Å². The fraction of sp³-hybridized carbons (Fsp3) is 0.533. The first-order valence-electron chi connectivity index (χ1n) is 8.08. The number of aliphatic hydroxyl groups excluding tert-OH is 5. The highest BCUT2D eigenvalue weighted by Gasteiger charge is 2.33. The van der Waals surface area contributed by atoms with Crippen molar-refractivity contribution in [3.63, 3.8) is 0 Å². The monoisotopic (exact) mass is 552 g/mol. The molecule has 0 aliphatic heterocycles. The van der Waals surface area contributed by atoms with Crippen molar-refractivity contribution in [1.82, 2.24) is 4.90 Å². The number of alkyl halides is 1. The van der Waals surface area contributed by atoms with Crippen molar-refractivity contribution in [3.8, 4) is 0 Å². The molecule has 168 valence electrons. The molecule has 0 aromatic heterocycles. The molecule has 0 radical (unpaired) electrons. The molecule has 5 N–H and O–H groups in total. The molecule has 4 unspecified atom stereocenters. The van der Waals surface area contributed by atoms with Crippen molar-refractivity contribution in [2.45, 2.75) is 31.0 Å². The molecule has 1 aromatic carbocycles. The number of azide groups is 1. The highest BCUT2D eigenvalue weighted by Crippen LogP contribution is 2.31. The van der Waals surface area contributed by atoms with Crippen LogP contribution >= 0.6 is 22.6 Å². The first kappa shape index (κ1) is 26.3. The lowest BCUT2D eigenvalue weighted by Gasteiger charge is -2.30. The number of halogens is 5. The van der Waals surface area contributed by atoms with Gasteiger partial charge in [-0.1, -0.05) is 27.7 Å². The van der Waals surface area contributed by atoms with Crippen molar-refractivity contribution < 1.29 is 47.9 Å². The number of aliphatic hydroxyl groups is 5. The van der Waals surface area contributed by atoms with Gasteiger partial charge in [0.1, 0.15) is 30.1 Å². The molecule has 1 amide bonds. The average Bonchev–Trinajstić information content (AvgIpc) is 2.74. The predicted molar refractivity (Wildman–Crippen MR) is 100 cm³/mol. The summed E-state index contributed by atoms with van der Waals surface area (Å²) in [4.78, 5) is 14.7. The molecular formula is C15H17F4IN4O6. The highest BCUT2D eigenvalue weighted by atomic mass is 127. The van der Waals surface area contributed by atoms with Gasteiger partial charge in [-0.15, -0.1) is 0 Å². The van der Waals surface area contributed by atoms with Crippen LogP contribution in [-0.4, -0.2) is 78.3 Å². The van der Waals surface area contributed by atoms with Crippen molar-refractivity contribution in [1.29, 1.82) is 0 Å². The summed E-state index contributed by atoms with van der Waals surface area (Å²) < 4.78 is 56.0. The molecule has 0 saturated carbocycles. The summed E-state index contributed by atoms with van der Waals surface area (Å²) in [6, 6.07) is 0. The SMILES string of the molecule is [N-]=[N+]=Nc1c(F)c(F)c(CN(CC(O)C(O)C(O)C(O)CO)C(=O)CI)c(F)c1F. The van der Waals surface area contributed by atoms with E-state index in [-0.39, 0.29) is 4.43 Å². The fourth-order valence-electron chi connectivity index (χ4n) is 2.36. The third-order valence-corrected chi connectivity index (χ3v) is 4.68. The van der Waals surface area contributed by atoms with E-state index < -0.39 is 84.5 Å². The standard InChI is InChI=1S/C15H17F4IN4O6/c16-9-5(10(17)12(19)13(11(9)18)22-23-21)2-24(8(28)1-20)3-6(26)14(29)15(30)7(27)4-25/h6-7,14-15,25-27,29-30H,1-4H2. The lowest BCUT2D eigenvalue weighted by molar-refractivity contribution is -0.138. The van der Waals surface area contributed by atoms with Crippen molar-refractivity contribution in [2.24, 2.45) is 5.11 Å². The first-order chi connectivity index (χ1) is 14.0. The van der Waals surface area contributed by atoms with Gasteiger partial charge in [0.2, 0.25) is 5.91 Å². The maximum atomic E-state index is 14.2. The lowest BCUT2D eigenvalue weighted by atomic mass is 10.0. The molecule has 1 aromatic rings. The number of carbonyl (C=O) groups excluding carboxylic acids is 1. The number of hydrogen-bond donors (Lipinski definition) is 5. The summed E-state index contributed by atoms with van der Waals surface area (Å²) in [5.74, 6) is -8.73. The van der Waals surface area contributed by atoms with E-state index in [4.69, 9.17) is 10.6 Å². The fourth-order valence-corrected chi connectivity index (χ4v) is 2.85. The van der Waals surface area contributed by atoms with Gasteiger partial charge in [-0.25, -0.2) is 17.6 Å². The Balaban J connectivity index is 3.25. The van der Waals surface area contributed by atoms with Gasteiger partial charge < -0.3 is 30.4 Å². The Hall–Kier alpha value is -1.75. The Labute approximate surface area is 180 Å². The van der Waals surface area contributed by atoms with Crippen LogP contribution in [0, 0.1) is 23.3 Å². The average molecular weight is 552 g/mol. The maximum Gasteiger partial charge on any atom is 0.232 e. The summed E-state index contributed by atoms with van der Waals surface area (Å²) in [5.41, 5.74) is 5.45. The number of nitrogens with zero attached hydrogens (tertiary/aromatic N) is 4. The van der Waals surface area contributed by atoms with Crippen molar-refractivity contribution in [3.05, 3.63) is 39.3 Å². The first-order valence-corrected chi connectivity index (χ1v) is 9.61. The van der Waals surface area contributed by atoms with Gasteiger partial charge in [-0.05, 0) is 5.53 Å². The zero-order chi connectivity index (χ0) is 23.2. The molecule has 15 heteroatoms. The summed E-state index contributed by atoms with van der Waals surface area (Å²) in [6.45, 7) is -2.92. The third kappa shape index (κ3) is 5.90. The second kappa shape index (κ2) is 11.6. The van der Waals surface area contributed by atoms with Crippen LogP contribution in [-0.2, 0) is 11.3 Å². The van der Waals surface area contributed by atoms with Gasteiger partial charge in [0.05, 0.1) is 17.6 Å². The van der Waals surface area contributed by atoms with Gasteiger partial charge in [-0.3, -0.25) is 4.79 Å². The maximum absolute atomic E-state index is 14.2. The van der Waals surface area contributed by atoms with E-state index in [0.29, 0.717) is 4.90 Å². The second-order valence-corrected chi connectivity index (χ2v) is 6.74. The molecule has 0 fully saturated rings. The van der Waals surface area contributed by atoms with Crippen LogP contribution in [0.25, 0.3) is 10.4 Å². The molecule has 0 heterocycles. The number of hydrogen-bond acceptors (Lipinski definition) is 7.